The van der Waals surface area contributed by atoms with E-state index >= 15 is 0 Å². The van der Waals surface area contributed by atoms with Crippen LogP contribution in [0.15, 0.2) is 60.7 Å². The average molecular weight is 422 g/mol. The van der Waals surface area contributed by atoms with Crippen molar-refractivity contribution in [3.8, 4) is 5.75 Å². The van der Waals surface area contributed by atoms with Crippen LogP contribution in [0.5, 0.6) is 5.75 Å². The van der Waals surface area contributed by atoms with Gasteiger partial charge in [0.05, 0.1) is 6.61 Å². The Morgan fingerprint density at radius 1 is 1.00 bits per heavy atom. The number of carbonyl (C=O) groups is 2. The minimum atomic E-state index is -0.155. The zero-order chi connectivity index (χ0) is 21.9. The highest BCUT2D eigenvalue weighted by atomic mass is 16.5. The summed E-state index contributed by atoms with van der Waals surface area (Å²) < 4.78 is 5.40. The average Bonchev–Trinajstić information content (AvgIpc) is 2.82. The Kier molecular flexibility index (Phi) is 8.52. The van der Waals surface area contributed by atoms with E-state index in [1.165, 1.54) is 11.8 Å². The lowest BCUT2D eigenvalue weighted by molar-refractivity contribution is -0.131. The van der Waals surface area contributed by atoms with Gasteiger partial charge in [0, 0.05) is 50.9 Å². The number of piperazine rings is 1. The second kappa shape index (κ2) is 11.8. The largest absolute Gasteiger partial charge is 0.494 e. The van der Waals surface area contributed by atoms with Gasteiger partial charge in [-0.15, -0.1) is 0 Å². The maximum Gasteiger partial charge on any atom is 0.243 e. The first kappa shape index (κ1) is 22.4. The molecular weight excluding hydrogens is 390 g/mol. The fourth-order valence-electron chi connectivity index (χ4n) is 3.53. The van der Waals surface area contributed by atoms with Crippen LogP contribution < -0.4 is 15.0 Å². The summed E-state index contributed by atoms with van der Waals surface area (Å²) in [6.07, 6.45) is 4.37. The zero-order valence-corrected chi connectivity index (χ0v) is 18.1. The standard InChI is InChI=1S/C25H31N3O3/c1-2-31-23-13-10-21(11-14-23)12-15-24(29)26-16-6-9-25(30)28-19-17-27(18-20-28)22-7-4-3-5-8-22/h3-5,7-8,10-15H,2,6,9,16-20H2,1H3,(H,26,29)/b15-12+. The Morgan fingerprint density at radius 3 is 2.39 bits per heavy atom. The SMILES string of the molecule is CCOc1ccc(/C=C/C(=O)NCCCC(=O)N2CCN(c3ccccc3)CC2)cc1. The van der Waals surface area contributed by atoms with Crippen molar-refractivity contribution in [2.24, 2.45) is 0 Å². The third-order valence-corrected chi connectivity index (χ3v) is 5.24. The number of hydrogen-bond acceptors (Lipinski definition) is 4. The van der Waals surface area contributed by atoms with Gasteiger partial charge in [-0.2, -0.15) is 0 Å². The molecule has 2 aromatic rings. The number of nitrogens with zero attached hydrogens (tertiary/aromatic N) is 2. The highest BCUT2D eigenvalue weighted by Gasteiger charge is 2.20. The van der Waals surface area contributed by atoms with E-state index in [9.17, 15) is 9.59 Å². The molecule has 1 saturated heterocycles. The van der Waals surface area contributed by atoms with Crippen LogP contribution in [0.3, 0.4) is 0 Å². The smallest absolute Gasteiger partial charge is 0.243 e. The second-order valence-corrected chi connectivity index (χ2v) is 7.43. The maximum absolute atomic E-state index is 12.4. The molecule has 0 bridgehead atoms. The highest BCUT2D eigenvalue weighted by molar-refractivity contribution is 5.91. The molecular formula is C25H31N3O3. The molecule has 0 radical (unpaired) electrons. The summed E-state index contributed by atoms with van der Waals surface area (Å²) in [5.74, 6) is 0.819. The van der Waals surface area contributed by atoms with E-state index in [1.54, 1.807) is 6.08 Å². The molecule has 0 unspecified atom stereocenters. The predicted octanol–water partition coefficient (Wildman–Crippen LogP) is 3.34. The number of amides is 2. The molecule has 1 heterocycles. The summed E-state index contributed by atoms with van der Waals surface area (Å²) in [6, 6.07) is 17.9. The Bertz CT molecular complexity index is 857. The molecule has 1 aliphatic heterocycles. The van der Waals surface area contributed by atoms with Crippen molar-refractivity contribution < 1.29 is 14.3 Å². The topological polar surface area (TPSA) is 61.9 Å². The van der Waals surface area contributed by atoms with Gasteiger partial charge in [0.15, 0.2) is 0 Å². The third-order valence-electron chi connectivity index (χ3n) is 5.24. The number of rotatable bonds is 9. The Hall–Kier alpha value is -3.28. The van der Waals surface area contributed by atoms with Crippen molar-refractivity contribution in [3.05, 3.63) is 66.2 Å². The Labute approximate surface area is 184 Å². The minimum absolute atomic E-state index is 0.155. The number of hydrogen-bond donors (Lipinski definition) is 1. The molecule has 6 heteroatoms. The summed E-state index contributed by atoms with van der Waals surface area (Å²) in [4.78, 5) is 28.7. The molecule has 0 atom stereocenters. The molecule has 0 aliphatic carbocycles. The fraction of sp³-hybridized carbons (Fsp3) is 0.360. The molecule has 0 spiro atoms. The van der Waals surface area contributed by atoms with Gasteiger partial charge in [-0.25, -0.2) is 0 Å². The van der Waals surface area contributed by atoms with E-state index in [1.807, 2.05) is 54.3 Å². The summed E-state index contributed by atoms with van der Waals surface area (Å²) in [5.41, 5.74) is 2.14. The summed E-state index contributed by atoms with van der Waals surface area (Å²) in [5, 5.41) is 2.84. The zero-order valence-electron chi connectivity index (χ0n) is 18.1. The van der Waals surface area contributed by atoms with Crippen LogP contribution in [-0.4, -0.2) is 56.0 Å². The minimum Gasteiger partial charge on any atom is -0.494 e. The van der Waals surface area contributed by atoms with E-state index in [-0.39, 0.29) is 11.8 Å². The van der Waals surface area contributed by atoms with E-state index in [4.69, 9.17) is 4.74 Å². The second-order valence-electron chi connectivity index (χ2n) is 7.43. The number of carbonyl (C=O) groups excluding carboxylic acids is 2. The molecule has 1 N–H and O–H groups in total. The van der Waals surface area contributed by atoms with Crippen LogP contribution in [0.4, 0.5) is 5.69 Å². The fourth-order valence-corrected chi connectivity index (χ4v) is 3.53. The third kappa shape index (κ3) is 7.17. The lowest BCUT2D eigenvalue weighted by Gasteiger charge is -2.36. The van der Waals surface area contributed by atoms with Crippen LogP contribution in [0.25, 0.3) is 6.08 Å². The maximum atomic E-state index is 12.4. The van der Waals surface area contributed by atoms with Gasteiger partial charge in [0.2, 0.25) is 11.8 Å². The van der Waals surface area contributed by atoms with Crippen molar-refractivity contribution in [1.29, 1.82) is 0 Å². The normalized spacial score (nSPS) is 14.0. The van der Waals surface area contributed by atoms with Crippen LogP contribution in [0, 0.1) is 0 Å². The van der Waals surface area contributed by atoms with Crippen LogP contribution in [-0.2, 0) is 9.59 Å². The van der Waals surface area contributed by atoms with Gasteiger partial charge in [-0.3, -0.25) is 9.59 Å². The lowest BCUT2D eigenvalue weighted by atomic mass is 10.2. The summed E-state index contributed by atoms with van der Waals surface area (Å²) >= 11 is 0. The Balaban J connectivity index is 1.31. The highest BCUT2D eigenvalue weighted by Crippen LogP contribution is 2.16. The van der Waals surface area contributed by atoms with E-state index < -0.39 is 0 Å². The van der Waals surface area contributed by atoms with E-state index in [2.05, 4.69) is 22.3 Å². The molecule has 31 heavy (non-hydrogen) atoms. The molecule has 3 rings (SSSR count). The molecule has 0 saturated carbocycles. The van der Waals surface area contributed by atoms with Crippen LogP contribution in [0.1, 0.15) is 25.3 Å². The first-order chi connectivity index (χ1) is 15.2. The molecule has 2 aromatic carbocycles. The molecule has 2 amide bonds. The molecule has 164 valence electrons. The Morgan fingerprint density at radius 2 is 1.71 bits per heavy atom. The van der Waals surface area contributed by atoms with Gasteiger partial charge in [0.1, 0.15) is 5.75 Å². The van der Waals surface area contributed by atoms with E-state index in [0.717, 1.165) is 37.5 Å². The van der Waals surface area contributed by atoms with Gasteiger partial charge in [-0.1, -0.05) is 30.3 Å². The number of nitrogens with one attached hydrogen (secondary N) is 1. The molecule has 1 fully saturated rings. The van der Waals surface area contributed by atoms with Crippen molar-refractivity contribution >= 4 is 23.6 Å². The first-order valence-corrected chi connectivity index (χ1v) is 10.9. The number of anilines is 1. The van der Waals surface area contributed by atoms with E-state index in [0.29, 0.717) is 26.0 Å². The van der Waals surface area contributed by atoms with Crippen molar-refractivity contribution in [3.63, 3.8) is 0 Å². The molecule has 6 nitrogen and oxygen atoms in total. The summed E-state index contributed by atoms with van der Waals surface area (Å²) in [6.45, 7) is 6.24. The monoisotopic (exact) mass is 421 g/mol. The first-order valence-electron chi connectivity index (χ1n) is 10.9. The van der Waals surface area contributed by atoms with Crippen molar-refractivity contribution in [2.75, 3.05) is 44.2 Å². The quantitative estimate of drug-likeness (QED) is 0.498. The number of para-hydroxylation sites is 1. The van der Waals surface area contributed by atoms with Crippen LogP contribution in [0.2, 0.25) is 0 Å². The number of benzene rings is 2. The van der Waals surface area contributed by atoms with Crippen molar-refractivity contribution in [2.45, 2.75) is 19.8 Å². The predicted molar refractivity (Wildman–Crippen MR) is 124 cm³/mol. The van der Waals surface area contributed by atoms with Gasteiger partial charge in [-0.05, 0) is 49.2 Å². The lowest BCUT2D eigenvalue weighted by Crippen LogP contribution is -2.48. The van der Waals surface area contributed by atoms with Gasteiger partial charge < -0.3 is 19.9 Å². The van der Waals surface area contributed by atoms with Crippen molar-refractivity contribution in [1.82, 2.24) is 10.2 Å². The van der Waals surface area contributed by atoms with Crippen LogP contribution >= 0.6 is 0 Å². The number of ether oxygens (including phenoxy) is 1. The van der Waals surface area contributed by atoms with Gasteiger partial charge in [0.25, 0.3) is 0 Å². The molecule has 0 aromatic heterocycles. The summed E-state index contributed by atoms with van der Waals surface area (Å²) in [7, 11) is 0. The van der Waals surface area contributed by atoms with Gasteiger partial charge >= 0.3 is 0 Å². The molecule has 1 aliphatic rings.